The summed E-state index contributed by atoms with van der Waals surface area (Å²) in [5.41, 5.74) is -0.348. The predicted molar refractivity (Wildman–Crippen MR) is 114 cm³/mol. The molecule has 0 saturated carbocycles. The van der Waals surface area contributed by atoms with Gasteiger partial charge in [0.05, 0.1) is 12.3 Å². The second-order valence-electron chi connectivity index (χ2n) is 8.87. The second-order valence-corrected chi connectivity index (χ2v) is 8.87. The van der Waals surface area contributed by atoms with E-state index in [0.29, 0.717) is 31.4 Å². The van der Waals surface area contributed by atoms with Gasteiger partial charge in [0.15, 0.2) is 0 Å². The molecule has 1 N–H and O–H groups in total. The lowest BCUT2D eigenvalue weighted by atomic mass is 9.92. The number of nitrogens with zero attached hydrogens (tertiary/aromatic N) is 2. The lowest BCUT2D eigenvalue weighted by molar-refractivity contribution is 0.0179. The van der Waals surface area contributed by atoms with Crippen LogP contribution in [-0.4, -0.2) is 61.3 Å². The number of likely N-dealkylation sites (tertiary alicyclic amines) is 1. The molecule has 0 bridgehead atoms. The van der Waals surface area contributed by atoms with Crippen LogP contribution in [0.1, 0.15) is 46.5 Å². The Kier molecular flexibility index (Phi) is 8.32. The van der Waals surface area contributed by atoms with E-state index >= 15 is 0 Å². The molecule has 0 aliphatic carbocycles. The van der Waals surface area contributed by atoms with Crippen molar-refractivity contribution in [3.8, 4) is 5.75 Å². The molecule has 7 nitrogen and oxygen atoms in total. The Balaban J connectivity index is 1.68. The highest BCUT2D eigenvalue weighted by atomic mass is 19.1. The molecule has 1 aliphatic heterocycles. The molecule has 0 spiro atoms. The fourth-order valence-electron chi connectivity index (χ4n) is 3.21. The zero-order chi connectivity index (χ0) is 22.3. The number of rotatable bonds is 6. The Labute approximate surface area is 178 Å². The van der Waals surface area contributed by atoms with E-state index in [4.69, 9.17) is 9.47 Å². The zero-order valence-corrected chi connectivity index (χ0v) is 18.7. The molecule has 1 fully saturated rings. The van der Waals surface area contributed by atoms with Gasteiger partial charge in [0.25, 0.3) is 0 Å². The van der Waals surface area contributed by atoms with Crippen molar-refractivity contribution < 1.29 is 23.5 Å². The molecule has 8 heteroatoms. The van der Waals surface area contributed by atoms with Gasteiger partial charge in [0.1, 0.15) is 17.2 Å². The van der Waals surface area contributed by atoms with Crippen molar-refractivity contribution in [2.75, 3.05) is 39.1 Å². The minimum absolute atomic E-state index is 0.123. The van der Waals surface area contributed by atoms with E-state index in [0.717, 1.165) is 25.7 Å². The smallest absolute Gasteiger partial charge is 0.410 e. The van der Waals surface area contributed by atoms with Gasteiger partial charge in [-0.2, -0.15) is 0 Å². The molecule has 1 aliphatic rings. The van der Waals surface area contributed by atoms with Crippen LogP contribution in [0, 0.1) is 11.7 Å². The number of benzene rings is 1. The molecule has 3 amide bonds. The Morgan fingerprint density at radius 3 is 2.47 bits per heavy atom. The standard InChI is InChI=1S/C22H34FN3O4/c1-22(2,3)30-21(28)26-12-10-16(11-13-26)7-6-14-29-17-8-9-19(18(23)15-17)24-20(27)25(4)5/h8-9,15-16H,6-7,10-14H2,1-5H3,(H,24,27). The number of hydrogen-bond acceptors (Lipinski definition) is 4. The monoisotopic (exact) mass is 423 g/mol. The van der Waals surface area contributed by atoms with E-state index in [1.165, 1.54) is 17.0 Å². The Bertz CT molecular complexity index is 726. The number of piperidine rings is 1. The molecule has 2 rings (SSSR count). The third kappa shape index (κ3) is 7.72. The molecule has 0 aromatic heterocycles. The van der Waals surface area contributed by atoms with Gasteiger partial charge >= 0.3 is 12.1 Å². The van der Waals surface area contributed by atoms with Crippen molar-refractivity contribution in [1.82, 2.24) is 9.80 Å². The Morgan fingerprint density at radius 2 is 1.90 bits per heavy atom. The number of halogens is 1. The van der Waals surface area contributed by atoms with E-state index in [1.54, 1.807) is 25.1 Å². The molecule has 1 saturated heterocycles. The molecule has 30 heavy (non-hydrogen) atoms. The Morgan fingerprint density at radius 1 is 1.23 bits per heavy atom. The molecule has 0 atom stereocenters. The van der Waals surface area contributed by atoms with E-state index in [9.17, 15) is 14.0 Å². The average molecular weight is 424 g/mol. The fourth-order valence-corrected chi connectivity index (χ4v) is 3.21. The highest BCUT2D eigenvalue weighted by Gasteiger charge is 2.26. The maximum Gasteiger partial charge on any atom is 0.410 e. The summed E-state index contributed by atoms with van der Waals surface area (Å²) in [6.07, 6.45) is 3.53. The number of carbonyl (C=O) groups is 2. The van der Waals surface area contributed by atoms with Gasteiger partial charge in [-0.3, -0.25) is 0 Å². The van der Waals surface area contributed by atoms with Crippen LogP contribution in [0.2, 0.25) is 0 Å². The number of ether oxygens (including phenoxy) is 2. The van der Waals surface area contributed by atoms with Crippen molar-refractivity contribution in [3.63, 3.8) is 0 Å². The SMILES string of the molecule is CN(C)C(=O)Nc1ccc(OCCCC2CCN(C(=O)OC(C)(C)C)CC2)cc1F. The summed E-state index contributed by atoms with van der Waals surface area (Å²) in [4.78, 5) is 26.8. The van der Waals surface area contributed by atoms with Crippen LogP contribution < -0.4 is 10.1 Å². The van der Waals surface area contributed by atoms with Crippen LogP contribution >= 0.6 is 0 Å². The van der Waals surface area contributed by atoms with Gasteiger partial charge in [-0.15, -0.1) is 0 Å². The summed E-state index contributed by atoms with van der Waals surface area (Å²) in [5, 5.41) is 2.49. The van der Waals surface area contributed by atoms with Crippen LogP contribution in [0.3, 0.4) is 0 Å². The first kappa shape index (κ1) is 23.8. The first-order chi connectivity index (χ1) is 14.0. The summed E-state index contributed by atoms with van der Waals surface area (Å²) in [7, 11) is 3.18. The van der Waals surface area contributed by atoms with E-state index in [2.05, 4.69) is 5.32 Å². The van der Waals surface area contributed by atoms with Crippen LogP contribution in [0.15, 0.2) is 18.2 Å². The maximum absolute atomic E-state index is 14.1. The van der Waals surface area contributed by atoms with Crippen molar-refractivity contribution in [1.29, 1.82) is 0 Å². The lowest BCUT2D eigenvalue weighted by Crippen LogP contribution is -2.41. The highest BCUT2D eigenvalue weighted by molar-refractivity contribution is 5.89. The lowest BCUT2D eigenvalue weighted by Gasteiger charge is -2.33. The van der Waals surface area contributed by atoms with Gasteiger partial charge in [-0.05, 0) is 64.5 Å². The molecule has 168 valence electrons. The van der Waals surface area contributed by atoms with Crippen molar-refractivity contribution in [2.45, 2.75) is 52.1 Å². The molecule has 0 unspecified atom stereocenters. The van der Waals surface area contributed by atoms with E-state index in [-0.39, 0.29) is 17.8 Å². The van der Waals surface area contributed by atoms with E-state index < -0.39 is 11.4 Å². The minimum Gasteiger partial charge on any atom is -0.493 e. The molecular formula is C22H34FN3O4. The minimum atomic E-state index is -0.530. The Hall–Kier alpha value is -2.51. The first-order valence-corrected chi connectivity index (χ1v) is 10.4. The third-order valence-electron chi connectivity index (χ3n) is 4.88. The van der Waals surface area contributed by atoms with Crippen molar-refractivity contribution in [2.24, 2.45) is 5.92 Å². The molecule has 1 aromatic rings. The first-order valence-electron chi connectivity index (χ1n) is 10.4. The summed E-state index contributed by atoms with van der Waals surface area (Å²) in [6, 6.07) is 4.04. The predicted octanol–water partition coefficient (Wildman–Crippen LogP) is 4.73. The molecular weight excluding hydrogens is 389 g/mol. The highest BCUT2D eigenvalue weighted by Crippen LogP contribution is 2.24. The molecule has 1 aromatic carbocycles. The topological polar surface area (TPSA) is 71.1 Å². The number of carbonyl (C=O) groups excluding carboxylic acids is 2. The molecule has 1 heterocycles. The number of urea groups is 1. The summed E-state index contributed by atoms with van der Waals surface area (Å²) in [6.45, 7) is 7.54. The van der Waals surface area contributed by atoms with Crippen LogP contribution in [0.25, 0.3) is 0 Å². The number of amides is 3. The summed E-state index contributed by atoms with van der Waals surface area (Å²) in [5.74, 6) is 0.458. The summed E-state index contributed by atoms with van der Waals surface area (Å²) >= 11 is 0. The number of nitrogens with one attached hydrogen (secondary N) is 1. The maximum atomic E-state index is 14.1. The number of anilines is 1. The quantitative estimate of drug-likeness (QED) is 0.672. The fraction of sp³-hybridized carbons (Fsp3) is 0.636. The van der Waals surface area contributed by atoms with Crippen LogP contribution in [0.4, 0.5) is 19.7 Å². The van der Waals surface area contributed by atoms with E-state index in [1.807, 2.05) is 20.8 Å². The van der Waals surface area contributed by atoms with Gasteiger partial charge < -0.3 is 24.6 Å². The normalized spacial score (nSPS) is 14.9. The third-order valence-corrected chi connectivity index (χ3v) is 4.88. The van der Waals surface area contributed by atoms with Crippen LogP contribution in [0.5, 0.6) is 5.75 Å². The average Bonchev–Trinajstić information content (AvgIpc) is 2.66. The second kappa shape index (κ2) is 10.5. The van der Waals surface area contributed by atoms with Gasteiger partial charge in [-0.1, -0.05) is 0 Å². The van der Waals surface area contributed by atoms with Crippen molar-refractivity contribution >= 4 is 17.8 Å². The van der Waals surface area contributed by atoms with Crippen LogP contribution in [-0.2, 0) is 4.74 Å². The van der Waals surface area contributed by atoms with Crippen molar-refractivity contribution in [3.05, 3.63) is 24.0 Å². The largest absolute Gasteiger partial charge is 0.493 e. The van der Waals surface area contributed by atoms with Gasteiger partial charge in [-0.25, -0.2) is 14.0 Å². The van der Waals surface area contributed by atoms with Gasteiger partial charge in [0, 0.05) is 33.3 Å². The van der Waals surface area contributed by atoms with Gasteiger partial charge in [0.2, 0.25) is 0 Å². The number of hydrogen-bond donors (Lipinski definition) is 1. The summed E-state index contributed by atoms with van der Waals surface area (Å²) < 4.78 is 25.2. The zero-order valence-electron chi connectivity index (χ0n) is 18.7. The molecule has 0 radical (unpaired) electrons.